The number of nitrogens with zero attached hydrogens (tertiary/aromatic N) is 5. The number of rotatable bonds is 6. The first-order chi connectivity index (χ1) is 17.7. The minimum absolute atomic E-state index is 0.0317. The number of hydrogen-bond acceptors (Lipinski definition) is 5. The van der Waals surface area contributed by atoms with Gasteiger partial charge < -0.3 is 14.2 Å². The summed E-state index contributed by atoms with van der Waals surface area (Å²) in [6.45, 7) is 7.03. The van der Waals surface area contributed by atoms with Crippen LogP contribution in [0.5, 0.6) is 0 Å². The number of aromatic nitrogens is 3. The lowest BCUT2D eigenvalue weighted by atomic mass is 9.95. The number of benzene rings is 1. The molecule has 6 rings (SSSR count). The maximum Gasteiger partial charge on any atom is 0.253 e. The molecule has 1 saturated carbocycles. The lowest BCUT2D eigenvalue weighted by molar-refractivity contribution is 0.0394. The molecule has 3 fully saturated rings. The molecule has 4 heterocycles. The number of anilines is 1. The van der Waals surface area contributed by atoms with E-state index in [0.29, 0.717) is 29.8 Å². The summed E-state index contributed by atoms with van der Waals surface area (Å²) in [7, 11) is 0. The van der Waals surface area contributed by atoms with Gasteiger partial charge in [-0.3, -0.25) is 4.90 Å². The second-order valence-electron chi connectivity index (χ2n) is 10.8. The molecule has 0 amide bonds. The molecule has 2 aliphatic heterocycles. The Kier molecular flexibility index (Phi) is 6.58. The molecule has 2 aromatic heterocycles. The van der Waals surface area contributed by atoms with Crippen molar-refractivity contribution in [3.8, 4) is 0 Å². The van der Waals surface area contributed by atoms with Crippen molar-refractivity contribution in [2.24, 2.45) is 5.92 Å². The highest BCUT2D eigenvalue weighted by atomic mass is 35.5. The predicted octanol–water partition coefficient (Wildman–Crippen LogP) is 6.21. The lowest BCUT2D eigenvalue weighted by Gasteiger charge is -2.48. The largest absolute Gasteiger partial charge is 0.376 e. The quantitative estimate of drug-likeness (QED) is 0.342. The van der Waals surface area contributed by atoms with Crippen LogP contribution < -0.4 is 4.90 Å². The van der Waals surface area contributed by atoms with E-state index in [1.54, 1.807) is 12.1 Å². The zero-order valence-corrected chi connectivity index (χ0v) is 22.5. The number of alkyl halides is 2. The molecule has 37 heavy (non-hydrogen) atoms. The Morgan fingerprint density at radius 2 is 1.89 bits per heavy atom. The van der Waals surface area contributed by atoms with Crippen LogP contribution in [0.3, 0.4) is 0 Å². The highest BCUT2D eigenvalue weighted by Gasteiger charge is 2.62. The molecule has 0 bridgehead atoms. The van der Waals surface area contributed by atoms with Crippen molar-refractivity contribution in [3.63, 3.8) is 0 Å². The van der Waals surface area contributed by atoms with Gasteiger partial charge in [-0.15, -0.1) is 0 Å². The molecule has 2 saturated heterocycles. The summed E-state index contributed by atoms with van der Waals surface area (Å²) in [6, 6.07) is 8.95. The fraction of sp³-hybridized carbons (Fsp3) is 0.556. The first kappa shape index (κ1) is 25.3. The van der Waals surface area contributed by atoms with E-state index in [9.17, 15) is 8.78 Å². The summed E-state index contributed by atoms with van der Waals surface area (Å²) >= 11 is 12.6. The van der Waals surface area contributed by atoms with E-state index in [4.69, 9.17) is 32.9 Å². The number of pyridine rings is 1. The summed E-state index contributed by atoms with van der Waals surface area (Å²) in [5.74, 6) is -3.32. The van der Waals surface area contributed by atoms with Crippen molar-refractivity contribution in [1.29, 1.82) is 0 Å². The molecule has 1 aliphatic carbocycles. The van der Waals surface area contributed by atoms with Gasteiger partial charge in [0.1, 0.15) is 10.7 Å². The van der Waals surface area contributed by atoms with Crippen molar-refractivity contribution in [2.45, 2.75) is 69.8 Å². The first-order valence-electron chi connectivity index (χ1n) is 13.0. The Balaban J connectivity index is 1.29. The molecular formula is C27H31Cl2F2N5O. The van der Waals surface area contributed by atoms with E-state index >= 15 is 0 Å². The summed E-state index contributed by atoms with van der Waals surface area (Å²) < 4.78 is 36.6. The smallest absolute Gasteiger partial charge is 0.253 e. The number of halogens is 4. The third-order valence-corrected chi connectivity index (χ3v) is 8.56. The fourth-order valence-electron chi connectivity index (χ4n) is 6.12. The normalized spacial score (nSPS) is 28.6. The minimum Gasteiger partial charge on any atom is -0.376 e. The lowest BCUT2D eigenvalue weighted by Crippen LogP contribution is -2.58. The van der Waals surface area contributed by atoms with Gasteiger partial charge in [0.15, 0.2) is 5.65 Å². The second-order valence-corrected chi connectivity index (χ2v) is 11.6. The standard InChI is InChI=1S/C27H31Cl2F2N5O/c1-16-13-36(25(21-11-27(21,30)31)18-5-7-19(28)8-6-18)17(2)12-35(16)22-10-23(29)33-26-24(22)32-15-34(26)14-20-4-3-9-37-20/h5-8,10,15-17,20-21,25H,3-4,9,11-14H2,1-2H3/t16-,17+,20-,21-,25?/m0/s1. The SMILES string of the molecule is C[C@@H]1CN(c2cc(Cl)nc3c2ncn3C[C@@H]2CCCO2)[C@@H](C)CN1C(c1ccc(Cl)cc1)[C@@H]1CC1(F)F. The van der Waals surface area contributed by atoms with Gasteiger partial charge in [0.2, 0.25) is 0 Å². The van der Waals surface area contributed by atoms with Crippen LogP contribution in [0.1, 0.15) is 44.7 Å². The molecule has 1 unspecified atom stereocenters. The van der Waals surface area contributed by atoms with Crippen LogP contribution in [0, 0.1) is 5.92 Å². The molecule has 198 valence electrons. The third-order valence-electron chi connectivity index (χ3n) is 8.11. The maximum atomic E-state index is 14.4. The van der Waals surface area contributed by atoms with Crippen molar-refractivity contribution in [3.05, 3.63) is 52.4 Å². The first-order valence-corrected chi connectivity index (χ1v) is 13.8. The molecule has 5 atom stereocenters. The Morgan fingerprint density at radius 1 is 1.14 bits per heavy atom. The zero-order chi connectivity index (χ0) is 25.9. The van der Waals surface area contributed by atoms with Crippen LogP contribution in [0.4, 0.5) is 14.5 Å². The Labute approximate surface area is 225 Å². The van der Waals surface area contributed by atoms with Crippen LogP contribution >= 0.6 is 23.2 Å². The van der Waals surface area contributed by atoms with Crippen LogP contribution in [0.2, 0.25) is 10.2 Å². The number of ether oxygens (including phenoxy) is 1. The van der Waals surface area contributed by atoms with Crippen molar-refractivity contribution < 1.29 is 13.5 Å². The minimum atomic E-state index is -2.63. The Hall–Kier alpha value is -2.00. The highest BCUT2D eigenvalue weighted by molar-refractivity contribution is 6.30. The number of hydrogen-bond donors (Lipinski definition) is 0. The fourth-order valence-corrected chi connectivity index (χ4v) is 6.43. The predicted molar refractivity (Wildman–Crippen MR) is 142 cm³/mol. The van der Waals surface area contributed by atoms with Gasteiger partial charge in [-0.1, -0.05) is 35.3 Å². The molecule has 0 spiro atoms. The zero-order valence-electron chi connectivity index (χ0n) is 21.0. The van der Waals surface area contributed by atoms with E-state index in [1.165, 1.54) is 0 Å². The van der Waals surface area contributed by atoms with Crippen molar-refractivity contribution in [1.82, 2.24) is 19.4 Å². The van der Waals surface area contributed by atoms with Gasteiger partial charge in [0, 0.05) is 61.2 Å². The van der Waals surface area contributed by atoms with E-state index < -0.39 is 11.8 Å². The van der Waals surface area contributed by atoms with E-state index in [1.807, 2.05) is 29.1 Å². The van der Waals surface area contributed by atoms with E-state index in [0.717, 1.165) is 41.9 Å². The topological polar surface area (TPSA) is 46.4 Å². The van der Waals surface area contributed by atoms with Gasteiger partial charge in [-0.25, -0.2) is 18.7 Å². The Bertz CT molecular complexity index is 1280. The molecule has 6 nitrogen and oxygen atoms in total. The summed E-state index contributed by atoms with van der Waals surface area (Å²) in [4.78, 5) is 13.9. The summed E-state index contributed by atoms with van der Waals surface area (Å²) in [5.41, 5.74) is 3.37. The third kappa shape index (κ3) is 4.82. The van der Waals surface area contributed by atoms with Gasteiger partial charge in [0.25, 0.3) is 5.92 Å². The Morgan fingerprint density at radius 3 is 2.57 bits per heavy atom. The average molecular weight is 550 g/mol. The number of piperazine rings is 1. The second kappa shape index (κ2) is 9.63. The van der Waals surface area contributed by atoms with Crippen LogP contribution in [-0.4, -0.2) is 63.2 Å². The number of imidazole rings is 1. The van der Waals surface area contributed by atoms with Gasteiger partial charge >= 0.3 is 0 Å². The van der Waals surface area contributed by atoms with E-state index in [2.05, 4.69) is 28.6 Å². The molecule has 0 radical (unpaired) electrons. The molecule has 10 heteroatoms. The van der Waals surface area contributed by atoms with Crippen LogP contribution in [0.15, 0.2) is 36.7 Å². The maximum absolute atomic E-state index is 14.4. The molecule has 3 aliphatic rings. The number of fused-ring (bicyclic) bond motifs is 1. The van der Waals surface area contributed by atoms with Gasteiger partial charge in [-0.05, 0) is 44.4 Å². The molecule has 3 aromatic rings. The molecule has 1 aromatic carbocycles. The highest BCUT2D eigenvalue weighted by Crippen LogP contribution is 2.57. The summed E-state index contributed by atoms with van der Waals surface area (Å²) in [5, 5.41) is 1.02. The van der Waals surface area contributed by atoms with Crippen LogP contribution in [0.25, 0.3) is 11.2 Å². The molecular weight excluding hydrogens is 519 g/mol. The monoisotopic (exact) mass is 549 g/mol. The summed E-state index contributed by atoms with van der Waals surface area (Å²) in [6.07, 6.45) is 3.99. The van der Waals surface area contributed by atoms with Crippen molar-refractivity contribution >= 4 is 40.1 Å². The van der Waals surface area contributed by atoms with E-state index in [-0.39, 0.29) is 30.7 Å². The van der Waals surface area contributed by atoms with Gasteiger partial charge in [0.05, 0.1) is 24.7 Å². The molecule has 0 N–H and O–H groups in total. The van der Waals surface area contributed by atoms with Crippen molar-refractivity contribution in [2.75, 3.05) is 24.6 Å². The van der Waals surface area contributed by atoms with Gasteiger partial charge in [-0.2, -0.15) is 0 Å². The van der Waals surface area contributed by atoms with Crippen LogP contribution in [-0.2, 0) is 11.3 Å². The average Bonchev–Trinajstić information content (AvgIpc) is 3.22.